The topological polar surface area (TPSA) is 60.7 Å². The van der Waals surface area contributed by atoms with Crippen molar-refractivity contribution in [1.82, 2.24) is 0 Å². The van der Waals surface area contributed by atoms with Gasteiger partial charge in [0.1, 0.15) is 0 Å². The Morgan fingerprint density at radius 2 is 1.22 bits per heavy atom. The molecule has 0 saturated heterocycles. The van der Waals surface area contributed by atoms with Crippen molar-refractivity contribution in [2.45, 2.75) is 19.8 Å². The molecule has 0 radical (unpaired) electrons. The first kappa shape index (κ1) is 11.6. The van der Waals surface area contributed by atoms with E-state index in [0.29, 0.717) is 13.0 Å². The fourth-order valence-electron chi connectivity index (χ4n) is 0.0707. The predicted molar refractivity (Wildman–Crippen MR) is 36.2 cm³/mol. The molecule has 0 atom stereocenters. The molecule has 0 rings (SSSR count). The minimum Gasteiger partial charge on any atom is -0.396 e. The molecule has 3 N–H and O–H groups in total. The van der Waals surface area contributed by atoms with Crippen LogP contribution in [0.1, 0.15) is 19.8 Å². The van der Waals surface area contributed by atoms with Crippen LogP contribution in [0.2, 0.25) is 0 Å². The molecule has 3 nitrogen and oxygen atoms in total. The lowest BCUT2D eigenvalue weighted by atomic mass is 10.5. The summed E-state index contributed by atoms with van der Waals surface area (Å²) in [6, 6.07) is 0. The first-order valence-corrected chi connectivity index (χ1v) is 3.16. The van der Waals surface area contributed by atoms with Gasteiger partial charge in [0.25, 0.3) is 0 Å². The van der Waals surface area contributed by atoms with Crippen molar-refractivity contribution in [3.8, 4) is 0 Å². The fraction of sp³-hybridized carbons (Fsp3) is 1.00. The summed E-state index contributed by atoms with van der Waals surface area (Å²) in [5.41, 5.74) is 0. The van der Waals surface area contributed by atoms with Crippen LogP contribution in [0.4, 0.5) is 0 Å². The summed E-state index contributed by atoms with van der Waals surface area (Å²) >= 11 is 0. The normalized spacial score (nSPS) is 8.00. The van der Waals surface area contributed by atoms with Gasteiger partial charge in [-0.25, -0.2) is 0 Å². The van der Waals surface area contributed by atoms with Gasteiger partial charge in [-0.05, 0) is 12.8 Å². The summed E-state index contributed by atoms with van der Waals surface area (Å²) in [5, 5.41) is 23.7. The van der Waals surface area contributed by atoms with Gasteiger partial charge in [0.2, 0.25) is 0 Å². The molecule has 0 amide bonds. The van der Waals surface area contributed by atoms with Crippen molar-refractivity contribution >= 4 is 0 Å². The second-order valence-corrected chi connectivity index (χ2v) is 1.52. The lowest BCUT2D eigenvalue weighted by Crippen LogP contribution is -1.85. The maximum absolute atomic E-state index is 7.91. The van der Waals surface area contributed by atoms with Crippen LogP contribution in [0.3, 0.4) is 0 Å². The van der Waals surface area contributed by atoms with Gasteiger partial charge in [-0.1, -0.05) is 6.92 Å². The molecule has 0 aromatic heterocycles. The van der Waals surface area contributed by atoms with Gasteiger partial charge >= 0.3 is 0 Å². The van der Waals surface area contributed by atoms with E-state index in [0.717, 1.165) is 6.42 Å². The lowest BCUT2D eigenvalue weighted by molar-refractivity contribution is 0.221. The lowest BCUT2D eigenvalue weighted by Gasteiger charge is -1.79. The van der Waals surface area contributed by atoms with Crippen molar-refractivity contribution in [3.63, 3.8) is 0 Å². The molecule has 0 aromatic carbocycles. The number of aliphatic hydroxyl groups excluding tert-OH is 3. The Bertz CT molecular complexity index is 27.5. The minimum absolute atomic E-state index is 0.0938. The van der Waals surface area contributed by atoms with Crippen LogP contribution in [-0.2, 0) is 0 Å². The molecule has 0 heterocycles. The van der Waals surface area contributed by atoms with Gasteiger partial charge in [-0.3, -0.25) is 0 Å². The number of hydrogen-bond acceptors (Lipinski definition) is 3. The summed E-state index contributed by atoms with van der Waals surface area (Å²) in [7, 11) is 0. The van der Waals surface area contributed by atoms with E-state index in [9.17, 15) is 0 Å². The van der Waals surface area contributed by atoms with Crippen LogP contribution in [0.25, 0.3) is 0 Å². The SMILES string of the molecule is CCCO.OCCCO. The highest BCUT2D eigenvalue weighted by molar-refractivity contribution is 4.22. The maximum Gasteiger partial charge on any atom is 0.0452 e. The molecule has 0 spiro atoms. The highest BCUT2D eigenvalue weighted by atomic mass is 16.3. The number of rotatable bonds is 3. The van der Waals surface area contributed by atoms with Crippen molar-refractivity contribution in [1.29, 1.82) is 0 Å². The van der Waals surface area contributed by atoms with E-state index in [-0.39, 0.29) is 13.2 Å². The van der Waals surface area contributed by atoms with E-state index >= 15 is 0 Å². The number of aliphatic hydroxyl groups is 3. The van der Waals surface area contributed by atoms with Crippen LogP contribution >= 0.6 is 0 Å². The van der Waals surface area contributed by atoms with Crippen LogP contribution < -0.4 is 0 Å². The van der Waals surface area contributed by atoms with Crippen molar-refractivity contribution < 1.29 is 15.3 Å². The van der Waals surface area contributed by atoms with Gasteiger partial charge in [0.15, 0.2) is 0 Å². The number of hydrogen-bond donors (Lipinski definition) is 3. The highest BCUT2D eigenvalue weighted by Crippen LogP contribution is 1.65. The zero-order chi connectivity index (χ0) is 7.54. The summed E-state index contributed by atoms with van der Waals surface area (Å²) in [5.74, 6) is 0. The van der Waals surface area contributed by atoms with Crippen LogP contribution in [0.5, 0.6) is 0 Å². The Labute approximate surface area is 56.0 Å². The monoisotopic (exact) mass is 136 g/mol. The molecule has 58 valence electrons. The van der Waals surface area contributed by atoms with E-state index in [4.69, 9.17) is 15.3 Å². The molecule has 0 aromatic rings. The van der Waals surface area contributed by atoms with Gasteiger partial charge in [-0.2, -0.15) is 0 Å². The second-order valence-electron chi connectivity index (χ2n) is 1.52. The predicted octanol–water partition coefficient (Wildman–Crippen LogP) is -0.250. The van der Waals surface area contributed by atoms with E-state index in [1.807, 2.05) is 6.92 Å². The molecular weight excluding hydrogens is 120 g/mol. The Kier molecular flexibility index (Phi) is 20.3. The Morgan fingerprint density at radius 3 is 1.22 bits per heavy atom. The van der Waals surface area contributed by atoms with E-state index in [2.05, 4.69) is 0 Å². The molecule has 0 aliphatic heterocycles. The summed E-state index contributed by atoms with van der Waals surface area (Å²) in [4.78, 5) is 0. The molecule has 0 saturated carbocycles. The third kappa shape index (κ3) is 32.8. The molecule has 0 unspecified atom stereocenters. The highest BCUT2D eigenvalue weighted by Gasteiger charge is 1.70. The third-order valence-electron chi connectivity index (χ3n) is 0.540. The second kappa shape index (κ2) is 15.7. The van der Waals surface area contributed by atoms with Crippen molar-refractivity contribution in [2.24, 2.45) is 0 Å². The molecule has 0 aliphatic rings. The summed E-state index contributed by atoms with van der Waals surface area (Å²) in [6.45, 7) is 2.44. The van der Waals surface area contributed by atoms with Gasteiger partial charge in [0.05, 0.1) is 0 Å². The molecule has 0 fully saturated rings. The standard InChI is InChI=1S/C3H8O2.C3H8O/c4-2-1-3-5;1-2-3-4/h4-5H,1-3H2;4H,2-3H2,1H3. The average Bonchev–Trinajstić information content (AvgIpc) is 1.91. The molecule has 3 heteroatoms. The van der Waals surface area contributed by atoms with E-state index < -0.39 is 0 Å². The van der Waals surface area contributed by atoms with Gasteiger partial charge < -0.3 is 15.3 Å². The first-order chi connectivity index (χ1) is 4.33. The Balaban J connectivity index is 0. The quantitative estimate of drug-likeness (QED) is 0.501. The maximum atomic E-state index is 7.91. The Hall–Kier alpha value is -0.120. The van der Waals surface area contributed by atoms with Crippen molar-refractivity contribution in [2.75, 3.05) is 19.8 Å². The summed E-state index contributed by atoms with van der Waals surface area (Å²) < 4.78 is 0. The summed E-state index contributed by atoms with van der Waals surface area (Å²) in [6.07, 6.45) is 1.38. The molecule has 0 bridgehead atoms. The third-order valence-corrected chi connectivity index (χ3v) is 0.540. The zero-order valence-corrected chi connectivity index (χ0v) is 5.88. The minimum atomic E-state index is 0.0938. The van der Waals surface area contributed by atoms with E-state index in [1.54, 1.807) is 0 Å². The van der Waals surface area contributed by atoms with Crippen LogP contribution in [0.15, 0.2) is 0 Å². The molecule has 9 heavy (non-hydrogen) atoms. The zero-order valence-electron chi connectivity index (χ0n) is 5.88. The fourth-order valence-corrected chi connectivity index (χ4v) is 0.0707. The largest absolute Gasteiger partial charge is 0.396 e. The Morgan fingerprint density at radius 1 is 0.889 bits per heavy atom. The average molecular weight is 136 g/mol. The van der Waals surface area contributed by atoms with Crippen LogP contribution in [-0.4, -0.2) is 35.1 Å². The van der Waals surface area contributed by atoms with Gasteiger partial charge in [-0.15, -0.1) is 0 Å². The first-order valence-electron chi connectivity index (χ1n) is 3.16. The van der Waals surface area contributed by atoms with E-state index in [1.165, 1.54) is 0 Å². The van der Waals surface area contributed by atoms with Crippen molar-refractivity contribution in [3.05, 3.63) is 0 Å². The molecular formula is C6H16O3. The van der Waals surface area contributed by atoms with Crippen LogP contribution in [0, 0.1) is 0 Å². The smallest absolute Gasteiger partial charge is 0.0452 e. The molecule has 0 aliphatic carbocycles. The van der Waals surface area contributed by atoms with Gasteiger partial charge in [0, 0.05) is 19.8 Å².